The van der Waals surface area contributed by atoms with Crippen molar-refractivity contribution in [3.63, 3.8) is 0 Å². The SMILES string of the molecule is COC(=O)[C@@H]1N[C@H](c2ccc(C)cc2)[C@]2(c3ccccc3)C(=O)N(c3ccccc3)C(=O)[C@H]12. The van der Waals surface area contributed by atoms with E-state index in [9.17, 15) is 14.4 Å². The Balaban J connectivity index is 1.78. The molecule has 0 unspecified atom stereocenters. The van der Waals surface area contributed by atoms with Crippen LogP contribution < -0.4 is 10.2 Å². The quantitative estimate of drug-likeness (QED) is 0.498. The highest BCUT2D eigenvalue weighted by molar-refractivity contribution is 6.27. The number of para-hydroxylation sites is 1. The largest absolute Gasteiger partial charge is 0.468 e. The Morgan fingerprint density at radius 3 is 2.12 bits per heavy atom. The molecule has 6 nitrogen and oxygen atoms in total. The van der Waals surface area contributed by atoms with Crippen LogP contribution in [0.3, 0.4) is 0 Å². The van der Waals surface area contributed by atoms with E-state index in [0.29, 0.717) is 11.3 Å². The number of carbonyl (C=O) groups excluding carboxylic acids is 3. The summed E-state index contributed by atoms with van der Waals surface area (Å²) in [5.41, 5.74) is 1.78. The van der Waals surface area contributed by atoms with Crippen LogP contribution in [-0.2, 0) is 24.5 Å². The van der Waals surface area contributed by atoms with Crippen LogP contribution in [0, 0.1) is 12.8 Å². The maximum atomic E-state index is 14.3. The van der Waals surface area contributed by atoms with Crippen molar-refractivity contribution in [3.8, 4) is 0 Å². The maximum Gasteiger partial charge on any atom is 0.323 e. The normalized spacial score (nSPS) is 26.4. The molecule has 33 heavy (non-hydrogen) atoms. The smallest absolute Gasteiger partial charge is 0.323 e. The first-order chi connectivity index (χ1) is 16.0. The van der Waals surface area contributed by atoms with Gasteiger partial charge in [0, 0.05) is 0 Å². The minimum absolute atomic E-state index is 0.348. The molecular weight excluding hydrogens is 416 g/mol. The fourth-order valence-electron chi connectivity index (χ4n) is 5.32. The summed E-state index contributed by atoms with van der Waals surface area (Å²) in [6.07, 6.45) is 0. The van der Waals surface area contributed by atoms with Gasteiger partial charge in [0.15, 0.2) is 0 Å². The van der Waals surface area contributed by atoms with E-state index in [1.54, 1.807) is 24.3 Å². The minimum atomic E-state index is -1.30. The molecule has 0 aliphatic carbocycles. The molecule has 0 bridgehead atoms. The second kappa shape index (κ2) is 7.98. The van der Waals surface area contributed by atoms with Gasteiger partial charge in [-0.3, -0.25) is 19.7 Å². The van der Waals surface area contributed by atoms with E-state index in [4.69, 9.17) is 4.74 Å². The summed E-state index contributed by atoms with van der Waals surface area (Å²) in [5, 5.41) is 3.31. The molecule has 3 aromatic rings. The lowest BCUT2D eigenvalue weighted by molar-refractivity contribution is -0.145. The number of imide groups is 1. The fraction of sp³-hybridized carbons (Fsp3) is 0.222. The van der Waals surface area contributed by atoms with Crippen molar-refractivity contribution < 1.29 is 19.1 Å². The van der Waals surface area contributed by atoms with Crippen LogP contribution >= 0.6 is 0 Å². The number of aryl methyl sites for hydroxylation is 1. The Morgan fingerprint density at radius 1 is 0.909 bits per heavy atom. The summed E-state index contributed by atoms with van der Waals surface area (Å²) in [5.74, 6) is -2.27. The number of hydrogen-bond acceptors (Lipinski definition) is 5. The van der Waals surface area contributed by atoms with E-state index in [-0.39, 0.29) is 5.91 Å². The van der Waals surface area contributed by atoms with Crippen molar-refractivity contribution in [2.75, 3.05) is 12.0 Å². The summed E-state index contributed by atoms with van der Waals surface area (Å²) >= 11 is 0. The number of rotatable bonds is 4. The zero-order valence-electron chi connectivity index (χ0n) is 18.4. The highest BCUT2D eigenvalue weighted by Crippen LogP contribution is 2.56. The summed E-state index contributed by atoms with van der Waals surface area (Å²) < 4.78 is 5.07. The number of nitrogens with zero attached hydrogens (tertiary/aromatic N) is 1. The molecule has 0 radical (unpaired) electrons. The number of esters is 1. The molecule has 2 aliphatic heterocycles. The van der Waals surface area contributed by atoms with E-state index in [1.807, 2.05) is 67.6 Å². The third-order valence-corrected chi connectivity index (χ3v) is 6.80. The molecule has 166 valence electrons. The molecule has 2 fully saturated rings. The number of carbonyl (C=O) groups is 3. The van der Waals surface area contributed by atoms with Crippen LogP contribution in [0.4, 0.5) is 5.69 Å². The zero-order valence-corrected chi connectivity index (χ0v) is 18.4. The number of benzene rings is 3. The Labute approximate surface area is 192 Å². The molecule has 3 aromatic carbocycles. The van der Waals surface area contributed by atoms with E-state index in [2.05, 4.69) is 5.32 Å². The predicted molar refractivity (Wildman–Crippen MR) is 123 cm³/mol. The summed E-state index contributed by atoms with van der Waals surface area (Å²) in [6.45, 7) is 1.99. The Bertz CT molecular complexity index is 1210. The lowest BCUT2D eigenvalue weighted by Crippen LogP contribution is -2.45. The highest BCUT2D eigenvalue weighted by atomic mass is 16.5. The van der Waals surface area contributed by atoms with Crippen LogP contribution in [0.5, 0.6) is 0 Å². The van der Waals surface area contributed by atoms with Gasteiger partial charge in [0.25, 0.3) is 0 Å². The molecule has 4 atom stereocenters. The molecule has 1 N–H and O–H groups in total. The van der Waals surface area contributed by atoms with Gasteiger partial charge in [-0.05, 0) is 30.2 Å². The van der Waals surface area contributed by atoms with Gasteiger partial charge in [0.2, 0.25) is 11.8 Å². The second-order valence-electron chi connectivity index (χ2n) is 8.54. The van der Waals surface area contributed by atoms with Gasteiger partial charge in [0.1, 0.15) is 11.5 Å². The zero-order chi connectivity index (χ0) is 23.2. The van der Waals surface area contributed by atoms with Gasteiger partial charge in [-0.1, -0.05) is 78.4 Å². The molecule has 2 saturated heterocycles. The molecular formula is C27H24N2O4. The number of fused-ring (bicyclic) bond motifs is 1. The second-order valence-corrected chi connectivity index (χ2v) is 8.54. The van der Waals surface area contributed by atoms with Crippen LogP contribution in [0.15, 0.2) is 84.9 Å². The highest BCUT2D eigenvalue weighted by Gasteiger charge is 2.72. The number of anilines is 1. The van der Waals surface area contributed by atoms with Crippen molar-refractivity contribution in [1.82, 2.24) is 5.32 Å². The average Bonchev–Trinajstić information content (AvgIpc) is 3.32. The van der Waals surface area contributed by atoms with E-state index in [0.717, 1.165) is 11.1 Å². The molecule has 5 rings (SSSR count). The lowest BCUT2D eigenvalue weighted by Gasteiger charge is -2.33. The third-order valence-electron chi connectivity index (χ3n) is 6.80. The third kappa shape index (κ3) is 3.02. The first-order valence-corrected chi connectivity index (χ1v) is 10.9. The first kappa shape index (κ1) is 21.1. The molecule has 2 heterocycles. The first-order valence-electron chi connectivity index (χ1n) is 10.9. The van der Waals surface area contributed by atoms with Gasteiger partial charge in [-0.25, -0.2) is 4.90 Å². The van der Waals surface area contributed by atoms with Gasteiger partial charge >= 0.3 is 5.97 Å². The van der Waals surface area contributed by atoms with Crippen LogP contribution in [0.1, 0.15) is 22.7 Å². The van der Waals surface area contributed by atoms with Crippen molar-refractivity contribution in [2.45, 2.75) is 24.4 Å². The maximum absolute atomic E-state index is 14.3. The summed E-state index contributed by atoms with van der Waals surface area (Å²) in [4.78, 5) is 42.4. The average molecular weight is 440 g/mol. The fourth-order valence-corrected chi connectivity index (χ4v) is 5.32. The van der Waals surface area contributed by atoms with Crippen LogP contribution in [0.2, 0.25) is 0 Å². The van der Waals surface area contributed by atoms with E-state index in [1.165, 1.54) is 12.0 Å². The van der Waals surface area contributed by atoms with Crippen molar-refractivity contribution in [3.05, 3.63) is 102 Å². The molecule has 0 aromatic heterocycles. The van der Waals surface area contributed by atoms with E-state index >= 15 is 0 Å². The Morgan fingerprint density at radius 2 is 1.52 bits per heavy atom. The van der Waals surface area contributed by atoms with Crippen molar-refractivity contribution in [2.24, 2.45) is 5.92 Å². The molecule has 6 heteroatoms. The number of hydrogen-bond donors (Lipinski definition) is 1. The van der Waals surface area contributed by atoms with Gasteiger partial charge < -0.3 is 4.74 Å². The molecule has 0 spiro atoms. The van der Waals surface area contributed by atoms with Crippen LogP contribution in [-0.4, -0.2) is 30.9 Å². The molecule has 2 amide bonds. The van der Waals surface area contributed by atoms with Gasteiger partial charge in [-0.15, -0.1) is 0 Å². The number of nitrogens with one attached hydrogen (secondary N) is 1. The monoisotopic (exact) mass is 440 g/mol. The lowest BCUT2D eigenvalue weighted by atomic mass is 9.66. The van der Waals surface area contributed by atoms with Gasteiger partial charge in [0.05, 0.1) is 24.8 Å². The van der Waals surface area contributed by atoms with Crippen molar-refractivity contribution >= 4 is 23.5 Å². The Hall–Kier alpha value is -3.77. The predicted octanol–water partition coefficient (Wildman–Crippen LogP) is 3.31. The van der Waals surface area contributed by atoms with Gasteiger partial charge in [-0.2, -0.15) is 0 Å². The van der Waals surface area contributed by atoms with Crippen molar-refractivity contribution in [1.29, 1.82) is 0 Å². The standard InChI is InChI=1S/C27H24N2O4/c1-17-13-15-18(16-14-17)23-27(19-9-5-3-6-10-19)21(22(28-23)25(31)33-2)24(30)29(26(27)32)20-11-7-4-8-12-20/h3-16,21-23,28H,1-2H3/t21-,22+,23+,27+/m0/s1. The summed E-state index contributed by atoms with van der Waals surface area (Å²) in [7, 11) is 1.30. The Kier molecular flexibility index (Phi) is 5.10. The number of amides is 2. The molecule has 0 saturated carbocycles. The summed E-state index contributed by atoms with van der Waals surface area (Å²) in [6, 6.07) is 24.4. The topological polar surface area (TPSA) is 75.7 Å². The van der Waals surface area contributed by atoms with E-state index < -0.39 is 35.3 Å². The number of methoxy groups -OCH3 is 1. The molecule has 2 aliphatic rings. The number of ether oxygens (including phenoxy) is 1. The minimum Gasteiger partial charge on any atom is -0.468 e. The van der Waals surface area contributed by atoms with Crippen LogP contribution in [0.25, 0.3) is 0 Å².